The number of ether oxygens (including phenoxy) is 2. The van der Waals surface area contributed by atoms with Crippen LogP contribution >= 0.6 is 0 Å². The van der Waals surface area contributed by atoms with E-state index in [1.54, 1.807) is 0 Å². The van der Waals surface area contributed by atoms with E-state index in [-0.39, 0.29) is 12.6 Å². The van der Waals surface area contributed by atoms with Crippen molar-refractivity contribution in [3.63, 3.8) is 0 Å². The maximum absolute atomic E-state index is 11.8. The second-order valence-electron chi connectivity index (χ2n) is 8.92. The van der Waals surface area contributed by atoms with Crippen molar-refractivity contribution >= 4 is 5.97 Å². The van der Waals surface area contributed by atoms with Crippen molar-refractivity contribution in [3.05, 3.63) is 0 Å². The predicted octanol–water partition coefficient (Wildman–Crippen LogP) is 3.59. The van der Waals surface area contributed by atoms with Gasteiger partial charge in [0.05, 0.1) is 0 Å². The molecule has 0 aliphatic carbocycles. The molecule has 4 N–H and O–H groups in total. The largest absolute Gasteiger partial charge is 0.463 e. The molecule has 7 nitrogen and oxygen atoms in total. The molecule has 1 saturated heterocycles. The van der Waals surface area contributed by atoms with Gasteiger partial charge in [0.1, 0.15) is 31.0 Å². The van der Waals surface area contributed by atoms with Crippen LogP contribution in [0.3, 0.4) is 0 Å². The maximum atomic E-state index is 11.8. The van der Waals surface area contributed by atoms with Crippen LogP contribution in [0.2, 0.25) is 0 Å². The number of hydrogen-bond donors (Lipinski definition) is 4. The minimum absolute atomic E-state index is 0.264. The minimum Gasteiger partial charge on any atom is -0.463 e. The average Bonchev–Trinajstić information content (AvgIpc) is 2.76. The van der Waals surface area contributed by atoms with Crippen LogP contribution in [0.25, 0.3) is 0 Å². The molecule has 0 radical (unpaired) electrons. The zero-order valence-electron chi connectivity index (χ0n) is 19.4. The van der Waals surface area contributed by atoms with Gasteiger partial charge in [-0.05, 0) is 6.42 Å². The first kappa shape index (κ1) is 28.3. The van der Waals surface area contributed by atoms with Gasteiger partial charge in [0.25, 0.3) is 0 Å². The number of esters is 1. The molecule has 7 heteroatoms. The Bertz CT molecular complexity index is 446. The Kier molecular flexibility index (Phi) is 16.2. The zero-order valence-corrected chi connectivity index (χ0v) is 19.4. The normalized spacial score (nSPS) is 26.2. The fourth-order valence-corrected chi connectivity index (χ4v) is 3.96. The van der Waals surface area contributed by atoms with Crippen molar-refractivity contribution in [2.75, 3.05) is 6.61 Å². The highest BCUT2D eigenvalue weighted by atomic mass is 16.6. The van der Waals surface area contributed by atoms with E-state index in [0.29, 0.717) is 6.42 Å². The number of aliphatic hydroxyl groups excluding tert-OH is 4. The van der Waals surface area contributed by atoms with Crippen LogP contribution in [0.15, 0.2) is 0 Å². The SMILES string of the molecule is CCCCCCCCCCCCCCCCCC(=O)OCC1O[C@H](O)C(O)C(O)[C@@H]1O. The van der Waals surface area contributed by atoms with Crippen molar-refractivity contribution in [3.8, 4) is 0 Å². The van der Waals surface area contributed by atoms with E-state index in [1.807, 2.05) is 0 Å². The van der Waals surface area contributed by atoms with E-state index in [1.165, 1.54) is 77.0 Å². The molecular weight excluding hydrogens is 400 g/mol. The summed E-state index contributed by atoms with van der Waals surface area (Å²) in [5, 5.41) is 38.3. The highest BCUT2D eigenvalue weighted by Crippen LogP contribution is 2.20. The summed E-state index contributed by atoms with van der Waals surface area (Å²) in [6.07, 6.45) is 12.0. The maximum Gasteiger partial charge on any atom is 0.305 e. The summed E-state index contributed by atoms with van der Waals surface area (Å²) in [6.45, 7) is 1.99. The lowest BCUT2D eigenvalue weighted by atomic mass is 9.99. The van der Waals surface area contributed by atoms with Gasteiger partial charge in [-0.1, -0.05) is 96.8 Å². The molecule has 1 heterocycles. The molecule has 0 spiro atoms. The smallest absolute Gasteiger partial charge is 0.305 e. The van der Waals surface area contributed by atoms with Crippen LogP contribution in [0.1, 0.15) is 110 Å². The van der Waals surface area contributed by atoms with Gasteiger partial charge in [0, 0.05) is 6.42 Å². The van der Waals surface area contributed by atoms with E-state index in [0.717, 1.165) is 19.3 Å². The van der Waals surface area contributed by atoms with Crippen LogP contribution in [0.4, 0.5) is 0 Å². The number of hydrogen-bond acceptors (Lipinski definition) is 7. The molecule has 0 bridgehead atoms. The second-order valence-corrected chi connectivity index (χ2v) is 8.92. The zero-order chi connectivity index (χ0) is 22.9. The molecule has 0 amide bonds. The topological polar surface area (TPSA) is 116 Å². The van der Waals surface area contributed by atoms with Crippen molar-refractivity contribution in [1.82, 2.24) is 0 Å². The Morgan fingerprint density at radius 1 is 0.677 bits per heavy atom. The monoisotopic (exact) mass is 446 g/mol. The van der Waals surface area contributed by atoms with E-state index in [9.17, 15) is 25.2 Å². The van der Waals surface area contributed by atoms with Gasteiger partial charge in [-0.25, -0.2) is 0 Å². The van der Waals surface area contributed by atoms with E-state index in [2.05, 4.69) is 6.92 Å². The first-order valence-electron chi connectivity index (χ1n) is 12.5. The van der Waals surface area contributed by atoms with Crippen LogP contribution in [-0.2, 0) is 14.3 Å². The molecule has 1 aliphatic rings. The fraction of sp³-hybridized carbons (Fsp3) is 0.958. The Balaban J connectivity index is 1.89. The summed E-state index contributed by atoms with van der Waals surface area (Å²) in [6, 6.07) is 0. The molecule has 184 valence electrons. The Morgan fingerprint density at radius 2 is 1.13 bits per heavy atom. The van der Waals surface area contributed by atoms with E-state index in [4.69, 9.17) is 9.47 Å². The van der Waals surface area contributed by atoms with Gasteiger partial charge in [-0.2, -0.15) is 0 Å². The summed E-state index contributed by atoms with van der Waals surface area (Å²) >= 11 is 0. The van der Waals surface area contributed by atoms with Gasteiger partial charge < -0.3 is 29.9 Å². The second kappa shape index (κ2) is 17.8. The Labute approximate surface area is 188 Å². The minimum atomic E-state index is -1.61. The molecule has 0 saturated carbocycles. The van der Waals surface area contributed by atoms with Crippen molar-refractivity contribution in [2.45, 2.75) is 140 Å². The fourth-order valence-electron chi connectivity index (χ4n) is 3.96. The quantitative estimate of drug-likeness (QED) is 0.188. The lowest BCUT2D eigenvalue weighted by Gasteiger charge is -2.37. The van der Waals surface area contributed by atoms with Crippen LogP contribution in [0, 0.1) is 0 Å². The van der Waals surface area contributed by atoms with Gasteiger partial charge in [-0.3, -0.25) is 4.79 Å². The van der Waals surface area contributed by atoms with Crippen LogP contribution in [0.5, 0.6) is 0 Å². The number of rotatable bonds is 18. The molecule has 0 aromatic rings. The van der Waals surface area contributed by atoms with Gasteiger partial charge in [0.15, 0.2) is 6.29 Å². The summed E-state index contributed by atoms with van der Waals surface area (Å²) in [4.78, 5) is 11.8. The van der Waals surface area contributed by atoms with Gasteiger partial charge >= 0.3 is 5.97 Å². The lowest BCUT2D eigenvalue weighted by molar-refractivity contribution is -0.287. The number of unbranched alkanes of at least 4 members (excludes halogenated alkanes) is 14. The molecule has 1 rings (SSSR count). The van der Waals surface area contributed by atoms with Crippen molar-refractivity contribution in [1.29, 1.82) is 0 Å². The molecule has 0 aromatic heterocycles. The summed E-state index contributed by atoms with van der Waals surface area (Å²) in [7, 11) is 0. The number of carbonyl (C=O) groups is 1. The summed E-state index contributed by atoms with van der Waals surface area (Å²) in [5.41, 5.74) is 0. The summed E-state index contributed by atoms with van der Waals surface area (Å²) < 4.78 is 10.1. The third-order valence-corrected chi connectivity index (χ3v) is 6.08. The van der Waals surface area contributed by atoms with Gasteiger partial charge in [-0.15, -0.1) is 0 Å². The Morgan fingerprint density at radius 3 is 1.61 bits per heavy atom. The summed E-state index contributed by atoms with van der Waals surface area (Å²) in [5.74, 6) is -0.388. The van der Waals surface area contributed by atoms with Crippen LogP contribution < -0.4 is 0 Å². The molecule has 1 aliphatic heterocycles. The van der Waals surface area contributed by atoms with Gasteiger partial charge in [0.2, 0.25) is 0 Å². The average molecular weight is 447 g/mol. The molecule has 1 fully saturated rings. The first-order chi connectivity index (χ1) is 15.0. The number of carbonyl (C=O) groups excluding carboxylic acids is 1. The molecule has 0 aromatic carbocycles. The third-order valence-electron chi connectivity index (χ3n) is 6.08. The highest BCUT2D eigenvalue weighted by molar-refractivity contribution is 5.69. The van der Waals surface area contributed by atoms with E-state index >= 15 is 0 Å². The van der Waals surface area contributed by atoms with E-state index < -0.39 is 30.7 Å². The number of aliphatic hydroxyl groups is 4. The highest BCUT2D eigenvalue weighted by Gasteiger charge is 2.43. The third kappa shape index (κ3) is 12.8. The standard InChI is InChI=1S/C24H46O7/c1-2-3-4-5-6-7-8-9-10-11-12-13-14-15-16-17-20(25)30-18-19-21(26)22(27)23(28)24(29)31-19/h19,21-24,26-29H,2-18H2,1H3/t19?,21-,22?,23?,24+/m1/s1. The molecule has 31 heavy (non-hydrogen) atoms. The molecular formula is C24H46O7. The molecule has 5 atom stereocenters. The van der Waals surface area contributed by atoms with Crippen molar-refractivity contribution in [2.24, 2.45) is 0 Å². The molecule has 3 unspecified atom stereocenters. The Hall–Kier alpha value is -0.730. The first-order valence-corrected chi connectivity index (χ1v) is 12.5. The van der Waals surface area contributed by atoms with Crippen LogP contribution in [-0.4, -0.2) is 63.7 Å². The van der Waals surface area contributed by atoms with Crippen molar-refractivity contribution < 1.29 is 34.7 Å². The lowest BCUT2D eigenvalue weighted by Crippen LogP contribution is -2.58. The predicted molar refractivity (Wildman–Crippen MR) is 119 cm³/mol.